The number of carbonyl (C=O) groups excluding carboxylic acids is 3. The molecule has 6 nitrogen and oxygen atoms in total. The molecule has 1 aromatic carbocycles. The summed E-state index contributed by atoms with van der Waals surface area (Å²) in [4.78, 5) is 41.6. The van der Waals surface area contributed by atoms with Gasteiger partial charge in [-0.25, -0.2) is 9.59 Å². The zero-order chi connectivity index (χ0) is 21.2. The topological polar surface area (TPSA) is 72.9 Å². The molecule has 1 fully saturated rings. The molecule has 0 radical (unpaired) electrons. The number of amides is 1. The number of hydrogen-bond acceptors (Lipinski definition) is 6. The van der Waals surface area contributed by atoms with E-state index >= 15 is 0 Å². The minimum Gasteiger partial charge on any atom is -0.464 e. The highest BCUT2D eigenvalue weighted by Gasteiger charge is 2.66. The molecule has 0 aliphatic carbocycles. The summed E-state index contributed by atoms with van der Waals surface area (Å²) in [5, 5.41) is 2.30. The monoisotopic (exact) mass is 455 g/mol. The van der Waals surface area contributed by atoms with Crippen molar-refractivity contribution in [1.29, 1.82) is 0 Å². The molecule has 1 atom stereocenters. The smallest absolute Gasteiger partial charge is 0.344 e. The number of halogens is 2. The van der Waals surface area contributed by atoms with Gasteiger partial charge < -0.3 is 9.47 Å². The number of hydrogen-bond donors (Lipinski definition) is 0. The molecule has 0 N–H and O–H groups in total. The zero-order valence-electron chi connectivity index (χ0n) is 15.8. The van der Waals surface area contributed by atoms with E-state index in [0.717, 1.165) is 4.90 Å². The number of anilines is 1. The van der Waals surface area contributed by atoms with E-state index in [1.165, 1.54) is 29.5 Å². The van der Waals surface area contributed by atoms with E-state index in [2.05, 4.69) is 0 Å². The van der Waals surface area contributed by atoms with Gasteiger partial charge in [-0.15, -0.1) is 11.3 Å². The first-order chi connectivity index (χ1) is 13.9. The Morgan fingerprint density at radius 2 is 1.79 bits per heavy atom. The van der Waals surface area contributed by atoms with Crippen LogP contribution < -0.4 is 4.90 Å². The SMILES string of the molecule is CCOC(=O)C1(C(=O)OCC)C(c2cccs2)CC(=O)N1c1ccc(Cl)c(Cl)c1. The summed E-state index contributed by atoms with van der Waals surface area (Å²) in [7, 11) is 0. The maximum atomic E-state index is 13.3. The molecule has 3 rings (SSSR count). The lowest BCUT2D eigenvalue weighted by atomic mass is 9.83. The van der Waals surface area contributed by atoms with E-state index in [1.54, 1.807) is 26.0 Å². The molecule has 0 saturated carbocycles. The van der Waals surface area contributed by atoms with Crippen LogP contribution in [0.2, 0.25) is 10.0 Å². The Morgan fingerprint density at radius 3 is 2.31 bits per heavy atom. The Kier molecular flexibility index (Phi) is 6.51. The van der Waals surface area contributed by atoms with Gasteiger partial charge in [0.15, 0.2) is 0 Å². The summed E-state index contributed by atoms with van der Waals surface area (Å²) in [5.74, 6) is -2.85. The van der Waals surface area contributed by atoms with Crippen molar-refractivity contribution in [2.75, 3.05) is 18.1 Å². The highest BCUT2D eigenvalue weighted by atomic mass is 35.5. The van der Waals surface area contributed by atoms with Gasteiger partial charge >= 0.3 is 11.9 Å². The Hall–Kier alpha value is -2.09. The lowest BCUT2D eigenvalue weighted by Crippen LogP contribution is -2.62. The number of benzene rings is 1. The fourth-order valence-electron chi connectivity index (χ4n) is 3.57. The molecule has 1 aromatic heterocycles. The standard InChI is InChI=1S/C20H19Cl2NO5S/c1-3-27-18(25)20(19(26)28-4-2)13(16-6-5-9-29-16)11-17(24)23(20)12-7-8-14(21)15(22)10-12/h5-10,13H,3-4,11H2,1-2H3. The molecule has 9 heteroatoms. The first-order valence-corrected chi connectivity index (χ1v) is 10.7. The van der Waals surface area contributed by atoms with Crippen LogP contribution in [-0.4, -0.2) is 36.6 Å². The minimum atomic E-state index is -1.99. The molecule has 1 saturated heterocycles. The molecule has 1 unspecified atom stereocenters. The van der Waals surface area contributed by atoms with Gasteiger partial charge in [0.25, 0.3) is 5.54 Å². The Morgan fingerprint density at radius 1 is 1.14 bits per heavy atom. The van der Waals surface area contributed by atoms with Gasteiger partial charge in [-0.2, -0.15) is 0 Å². The summed E-state index contributed by atoms with van der Waals surface area (Å²) in [6.45, 7) is 3.36. The van der Waals surface area contributed by atoms with E-state index in [-0.39, 0.29) is 35.4 Å². The van der Waals surface area contributed by atoms with Crippen LogP contribution in [0.4, 0.5) is 5.69 Å². The van der Waals surface area contributed by atoms with E-state index in [9.17, 15) is 14.4 Å². The van der Waals surface area contributed by atoms with Gasteiger partial charge in [0.1, 0.15) is 0 Å². The van der Waals surface area contributed by atoms with E-state index < -0.39 is 29.3 Å². The molecule has 154 valence electrons. The quantitative estimate of drug-likeness (QED) is 0.475. The predicted molar refractivity (Wildman–Crippen MR) is 112 cm³/mol. The van der Waals surface area contributed by atoms with Crippen molar-refractivity contribution >= 4 is 58.1 Å². The number of nitrogens with zero attached hydrogens (tertiary/aromatic N) is 1. The fraction of sp³-hybridized carbons (Fsp3) is 0.350. The van der Waals surface area contributed by atoms with E-state index in [0.29, 0.717) is 4.88 Å². The second kappa shape index (κ2) is 8.73. The molecule has 1 aliphatic heterocycles. The molecule has 1 aliphatic rings. The van der Waals surface area contributed by atoms with Crippen LogP contribution in [0.3, 0.4) is 0 Å². The van der Waals surface area contributed by atoms with Gasteiger partial charge in [0.05, 0.1) is 23.3 Å². The summed E-state index contributed by atoms with van der Waals surface area (Å²) >= 11 is 13.5. The van der Waals surface area contributed by atoms with Crippen molar-refractivity contribution in [3.63, 3.8) is 0 Å². The van der Waals surface area contributed by atoms with Crippen LogP contribution in [0.25, 0.3) is 0 Å². The Bertz CT molecular complexity index is 913. The lowest BCUT2D eigenvalue weighted by Gasteiger charge is -2.37. The Balaban J connectivity index is 2.27. The largest absolute Gasteiger partial charge is 0.464 e. The minimum absolute atomic E-state index is 0.0422. The van der Waals surface area contributed by atoms with Crippen molar-refractivity contribution in [1.82, 2.24) is 0 Å². The average molecular weight is 456 g/mol. The molecule has 1 amide bonds. The fourth-order valence-corrected chi connectivity index (χ4v) is 4.75. The number of rotatable bonds is 6. The number of esters is 2. The van der Waals surface area contributed by atoms with Crippen molar-refractivity contribution in [3.8, 4) is 0 Å². The predicted octanol–water partition coefficient (Wildman–Crippen LogP) is 4.44. The second-order valence-electron chi connectivity index (χ2n) is 6.31. The van der Waals surface area contributed by atoms with Gasteiger partial charge in [0.2, 0.25) is 5.91 Å². The van der Waals surface area contributed by atoms with Crippen LogP contribution in [0.5, 0.6) is 0 Å². The highest BCUT2D eigenvalue weighted by Crippen LogP contribution is 2.49. The third-order valence-corrected chi connectivity index (χ3v) is 6.43. The summed E-state index contributed by atoms with van der Waals surface area (Å²) in [6, 6.07) is 8.08. The molecule has 0 bridgehead atoms. The van der Waals surface area contributed by atoms with Crippen LogP contribution >= 0.6 is 34.5 Å². The van der Waals surface area contributed by atoms with Crippen LogP contribution in [0.1, 0.15) is 31.1 Å². The third kappa shape index (κ3) is 3.63. The number of thiophene rings is 1. The van der Waals surface area contributed by atoms with Crippen LogP contribution in [-0.2, 0) is 23.9 Å². The molecule has 29 heavy (non-hydrogen) atoms. The Labute approximate surface area is 182 Å². The molecule has 2 aromatic rings. The maximum absolute atomic E-state index is 13.3. The molecular weight excluding hydrogens is 437 g/mol. The van der Waals surface area contributed by atoms with E-state index in [4.69, 9.17) is 32.7 Å². The van der Waals surface area contributed by atoms with Gasteiger partial charge in [0, 0.05) is 22.9 Å². The van der Waals surface area contributed by atoms with Crippen molar-refractivity contribution in [2.24, 2.45) is 0 Å². The van der Waals surface area contributed by atoms with Gasteiger partial charge in [-0.3, -0.25) is 9.69 Å². The summed E-state index contributed by atoms with van der Waals surface area (Å²) in [5.41, 5.74) is -1.73. The van der Waals surface area contributed by atoms with Gasteiger partial charge in [-0.05, 0) is 43.5 Å². The van der Waals surface area contributed by atoms with Gasteiger partial charge in [-0.1, -0.05) is 29.3 Å². The number of ether oxygens (including phenoxy) is 2. The average Bonchev–Trinajstić information content (AvgIpc) is 3.30. The molecular formula is C20H19Cl2NO5S. The third-order valence-electron chi connectivity index (χ3n) is 4.71. The van der Waals surface area contributed by atoms with Crippen molar-refractivity contribution in [2.45, 2.75) is 31.7 Å². The second-order valence-corrected chi connectivity index (χ2v) is 8.10. The van der Waals surface area contributed by atoms with Crippen molar-refractivity contribution < 1.29 is 23.9 Å². The maximum Gasteiger partial charge on any atom is 0.344 e. The zero-order valence-corrected chi connectivity index (χ0v) is 18.1. The highest BCUT2D eigenvalue weighted by molar-refractivity contribution is 7.10. The summed E-state index contributed by atoms with van der Waals surface area (Å²) < 4.78 is 10.6. The van der Waals surface area contributed by atoms with Crippen molar-refractivity contribution in [3.05, 3.63) is 50.6 Å². The molecule has 2 heterocycles. The van der Waals surface area contributed by atoms with E-state index in [1.807, 2.05) is 5.38 Å². The number of carbonyl (C=O) groups is 3. The normalized spacial score (nSPS) is 18.0. The lowest BCUT2D eigenvalue weighted by molar-refractivity contribution is -0.164. The first-order valence-electron chi connectivity index (χ1n) is 9.03. The molecule has 0 spiro atoms. The summed E-state index contributed by atoms with van der Waals surface area (Å²) in [6.07, 6.45) is -0.0572. The van der Waals surface area contributed by atoms with Crippen LogP contribution in [0.15, 0.2) is 35.7 Å². The van der Waals surface area contributed by atoms with Crippen LogP contribution in [0, 0.1) is 0 Å². The first kappa shape index (κ1) is 21.6.